The lowest BCUT2D eigenvalue weighted by molar-refractivity contribution is -0.114. The van der Waals surface area contributed by atoms with Crippen molar-refractivity contribution in [1.29, 1.82) is 0 Å². The van der Waals surface area contributed by atoms with E-state index in [0.717, 1.165) is 22.3 Å². The number of benzene rings is 2. The summed E-state index contributed by atoms with van der Waals surface area (Å²) in [7, 11) is 0. The normalized spacial score (nSPS) is 13.8. The van der Waals surface area contributed by atoms with Crippen LogP contribution >= 0.6 is 11.8 Å². The lowest BCUT2D eigenvalue weighted by Gasteiger charge is -2.05. The third-order valence-electron chi connectivity index (χ3n) is 4.98. The highest BCUT2D eigenvalue weighted by Crippen LogP contribution is 2.30. The second-order valence-corrected chi connectivity index (χ2v) is 8.14. The summed E-state index contributed by atoms with van der Waals surface area (Å²) in [6, 6.07) is 20.8. The molecule has 1 aliphatic heterocycles. The first kappa shape index (κ1) is 17.9. The summed E-state index contributed by atoms with van der Waals surface area (Å²) in [5.41, 5.74) is 3.19. The SMILES string of the molecule is CC(=O)CSC1=NN=C(c2ccc(Cn3c4ccccc4c4ccccc43)o2)C1. The molecule has 4 aromatic rings. The topological polar surface area (TPSA) is 59.9 Å². The van der Waals surface area contributed by atoms with Crippen molar-refractivity contribution in [3.63, 3.8) is 0 Å². The van der Waals surface area contributed by atoms with Crippen LogP contribution in [0.4, 0.5) is 0 Å². The predicted molar refractivity (Wildman–Crippen MR) is 119 cm³/mol. The molecule has 0 aliphatic carbocycles. The Morgan fingerprint density at radius 1 is 1.00 bits per heavy atom. The quantitative estimate of drug-likeness (QED) is 0.458. The molecule has 5 nitrogen and oxygen atoms in total. The van der Waals surface area contributed by atoms with E-state index < -0.39 is 0 Å². The highest BCUT2D eigenvalue weighted by Gasteiger charge is 2.19. The largest absolute Gasteiger partial charge is 0.458 e. The van der Waals surface area contributed by atoms with Crippen LogP contribution in [0.15, 0.2) is 75.3 Å². The number of ketones is 1. The molecule has 29 heavy (non-hydrogen) atoms. The van der Waals surface area contributed by atoms with Gasteiger partial charge in [-0.2, -0.15) is 5.10 Å². The Hall–Kier alpha value is -3.12. The summed E-state index contributed by atoms with van der Waals surface area (Å²) in [5, 5.41) is 11.8. The standard InChI is InChI=1S/C23H19N3O2S/c1-15(27)14-29-23-12-19(24-25-23)22-11-10-16(28-22)13-26-20-8-4-2-6-17(20)18-7-3-5-9-21(18)26/h2-11H,12-14H2,1H3. The molecule has 5 rings (SSSR count). The van der Waals surface area contributed by atoms with Gasteiger partial charge in [0.25, 0.3) is 0 Å². The van der Waals surface area contributed by atoms with Crippen LogP contribution in [-0.2, 0) is 11.3 Å². The number of nitrogens with zero attached hydrogens (tertiary/aromatic N) is 3. The van der Waals surface area contributed by atoms with Crippen LogP contribution in [0.5, 0.6) is 0 Å². The van der Waals surface area contributed by atoms with E-state index in [-0.39, 0.29) is 5.78 Å². The third-order valence-corrected chi connectivity index (χ3v) is 6.09. The van der Waals surface area contributed by atoms with E-state index in [4.69, 9.17) is 4.42 Å². The minimum Gasteiger partial charge on any atom is -0.458 e. The lowest BCUT2D eigenvalue weighted by Crippen LogP contribution is -2.03. The minimum atomic E-state index is 0.137. The minimum absolute atomic E-state index is 0.137. The Balaban J connectivity index is 1.40. The fraction of sp³-hybridized carbons (Fsp3) is 0.174. The van der Waals surface area contributed by atoms with Crippen molar-refractivity contribution in [2.24, 2.45) is 10.2 Å². The van der Waals surface area contributed by atoms with Gasteiger partial charge in [0.1, 0.15) is 22.3 Å². The van der Waals surface area contributed by atoms with Crippen LogP contribution < -0.4 is 0 Å². The first-order valence-corrected chi connectivity index (χ1v) is 10.5. The van der Waals surface area contributed by atoms with Crippen LogP contribution in [0.1, 0.15) is 24.9 Å². The van der Waals surface area contributed by atoms with Gasteiger partial charge in [-0.15, -0.1) is 16.9 Å². The summed E-state index contributed by atoms with van der Waals surface area (Å²) in [6.45, 7) is 2.23. The molecular weight excluding hydrogens is 382 g/mol. The summed E-state index contributed by atoms with van der Waals surface area (Å²) >= 11 is 1.44. The molecule has 0 spiro atoms. The molecule has 0 unspecified atom stereocenters. The van der Waals surface area contributed by atoms with Crippen molar-refractivity contribution >= 4 is 50.1 Å². The summed E-state index contributed by atoms with van der Waals surface area (Å²) in [4.78, 5) is 11.2. The molecule has 2 aromatic carbocycles. The summed E-state index contributed by atoms with van der Waals surface area (Å²) in [5.74, 6) is 2.18. The first-order valence-electron chi connectivity index (χ1n) is 9.50. The number of hydrogen-bond acceptors (Lipinski definition) is 5. The van der Waals surface area contributed by atoms with Gasteiger partial charge in [0.05, 0.1) is 12.3 Å². The Bertz CT molecular complexity index is 1240. The summed E-state index contributed by atoms with van der Waals surface area (Å²) < 4.78 is 8.40. The molecule has 0 atom stereocenters. The number of thioether (sulfide) groups is 1. The van der Waals surface area contributed by atoms with Crippen LogP contribution in [0, 0.1) is 0 Å². The zero-order chi connectivity index (χ0) is 19.8. The highest BCUT2D eigenvalue weighted by molar-refractivity contribution is 8.14. The average molecular weight is 401 g/mol. The number of rotatable bonds is 5. The van der Waals surface area contributed by atoms with Crippen LogP contribution in [0.3, 0.4) is 0 Å². The van der Waals surface area contributed by atoms with E-state index in [1.54, 1.807) is 6.92 Å². The van der Waals surface area contributed by atoms with Gasteiger partial charge in [-0.3, -0.25) is 4.79 Å². The van der Waals surface area contributed by atoms with Crippen LogP contribution in [0.2, 0.25) is 0 Å². The van der Waals surface area contributed by atoms with Crippen molar-refractivity contribution in [3.05, 3.63) is 72.2 Å². The predicted octanol–water partition coefficient (Wildman–Crippen LogP) is 5.26. The van der Waals surface area contributed by atoms with Gasteiger partial charge in [0.2, 0.25) is 0 Å². The van der Waals surface area contributed by atoms with Crippen molar-refractivity contribution < 1.29 is 9.21 Å². The Morgan fingerprint density at radius 3 is 2.38 bits per heavy atom. The molecule has 3 heterocycles. The molecule has 0 fully saturated rings. The Morgan fingerprint density at radius 2 is 1.69 bits per heavy atom. The second-order valence-electron chi connectivity index (χ2n) is 7.09. The fourth-order valence-electron chi connectivity index (χ4n) is 3.68. The Kier molecular flexibility index (Phi) is 4.56. The number of Topliss-reactive ketones (excluding diaryl/α,β-unsaturated/α-hetero) is 1. The molecule has 1 aliphatic rings. The zero-order valence-electron chi connectivity index (χ0n) is 16.0. The fourth-order valence-corrected chi connectivity index (χ4v) is 4.39. The van der Waals surface area contributed by atoms with Crippen LogP contribution in [-0.4, -0.2) is 26.9 Å². The van der Waals surface area contributed by atoms with E-state index >= 15 is 0 Å². The van der Waals surface area contributed by atoms with E-state index in [0.29, 0.717) is 18.7 Å². The van der Waals surface area contributed by atoms with Gasteiger partial charge in [0, 0.05) is 28.2 Å². The molecule has 0 saturated heterocycles. The molecule has 0 N–H and O–H groups in total. The lowest BCUT2D eigenvalue weighted by atomic mass is 10.2. The maximum absolute atomic E-state index is 11.2. The number of fused-ring (bicyclic) bond motifs is 3. The van der Waals surface area contributed by atoms with Crippen LogP contribution in [0.25, 0.3) is 21.8 Å². The summed E-state index contributed by atoms with van der Waals surface area (Å²) in [6.07, 6.45) is 0.611. The van der Waals surface area contributed by atoms with Gasteiger partial charge >= 0.3 is 0 Å². The monoisotopic (exact) mass is 401 g/mol. The van der Waals surface area contributed by atoms with Crippen molar-refractivity contribution in [3.8, 4) is 0 Å². The maximum atomic E-state index is 11.2. The zero-order valence-corrected chi connectivity index (χ0v) is 16.8. The molecule has 0 radical (unpaired) electrons. The van der Waals surface area contributed by atoms with E-state index in [1.807, 2.05) is 12.1 Å². The van der Waals surface area contributed by atoms with Crippen molar-refractivity contribution in [2.75, 3.05) is 5.75 Å². The van der Waals surface area contributed by atoms with Crippen molar-refractivity contribution in [2.45, 2.75) is 19.9 Å². The number of aromatic nitrogens is 1. The molecule has 144 valence electrons. The van der Waals surface area contributed by atoms with Gasteiger partial charge in [0.15, 0.2) is 5.76 Å². The number of para-hydroxylation sites is 2. The second kappa shape index (κ2) is 7.37. The van der Waals surface area contributed by atoms with Gasteiger partial charge in [-0.25, -0.2) is 0 Å². The molecule has 6 heteroatoms. The number of carbonyl (C=O) groups is 1. The molecule has 2 aromatic heterocycles. The number of carbonyl (C=O) groups excluding carboxylic acids is 1. The smallest absolute Gasteiger partial charge is 0.150 e. The van der Waals surface area contributed by atoms with Gasteiger partial charge in [-0.05, 0) is 31.2 Å². The van der Waals surface area contributed by atoms with E-state index in [1.165, 1.54) is 33.6 Å². The first-order chi connectivity index (χ1) is 14.2. The average Bonchev–Trinajstić information content (AvgIpc) is 3.45. The highest BCUT2D eigenvalue weighted by atomic mass is 32.2. The van der Waals surface area contributed by atoms with Crippen molar-refractivity contribution in [1.82, 2.24) is 4.57 Å². The molecule has 0 saturated carbocycles. The Labute approximate surface area is 172 Å². The van der Waals surface area contributed by atoms with Gasteiger partial charge < -0.3 is 8.98 Å². The third kappa shape index (κ3) is 3.40. The molecular formula is C23H19N3O2S. The maximum Gasteiger partial charge on any atom is 0.150 e. The number of hydrogen-bond donors (Lipinski definition) is 0. The van der Waals surface area contributed by atoms with E-state index in [9.17, 15) is 4.79 Å². The molecule has 0 bridgehead atoms. The van der Waals surface area contributed by atoms with Gasteiger partial charge in [-0.1, -0.05) is 36.4 Å². The molecule has 0 amide bonds. The van der Waals surface area contributed by atoms with E-state index in [2.05, 4.69) is 63.3 Å². The number of furan rings is 1.